The number of carboxylic acids is 1. The van der Waals surface area contributed by atoms with E-state index >= 15 is 0 Å². The van der Waals surface area contributed by atoms with Crippen LogP contribution >= 0.6 is 0 Å². The molecule has 0 aliphatic carbocycles. The van der Waals surface area contributed by atoms with Gasteiger partial charge in [-0.25, -0.2) is 4.79 Å². The maximum absolute atomic E-state index is 11.1. The molecule has 5 nitrogen and oxygen atoms in total. The second-order valence-corrected chi connectivity index (χ2v) is 5.62. The Morgan fingerprint density at radius 2 is 1.77 bits per heavy atom. The molecule has 1 aliphatic rings. The van der Waals surface area contributed by atoms with Crippen molar-refractivity contribution in [3.8, 4) is 17.2 Å². The predicted molar refractivity (Wildman–Crippen MR) is 78.7 cm³/mol. The van der Waals surface area contributed by atoms with Crippen LogP contribution in [0.25, 0.3) is 0 Å². The van der Waals surface area contributed by atoms with Crippen molar-refractivity contribution >= 4 is 12.4 Å². The molecule has 22 heavy (non-hydrogen) atoms. The average Bonchev–Trinajstić information content (AvgIpc) is 2.46. The van der Waals surface area contributed by atoms with Crippen molar-refractivity contribution in [2.24, 2.45) is 0 Å². The third kappa shape index (κ3) is 2.11. The van der Waals surface area contributed by atoms with Crippen molar-refractivity contribution < 1.29 is 24.2 Å². The predicted octanol–water partition coefficient (Wildman–Crippen LogP) is 3.35. The lowest BCUT2D eigenvalue weighted by Crippen LogP contribution is -2.24. The maximum Gasteiger partial charge on any atom is 0.335 e. The molecule has 0 bridgehead atoms. The first-order valence-electron chi connectivity index (χ1n) is 6.74. The quantitative estimate of drug-likeness (QED) is 0.880. The zero-order valence-electron chi connectivity index (χ0n) is 12.1. The molecule has 2 aromatic carbocycles. The Labute approximate surface area is 127 Å². The number of carbonyl (C=O) groups excluding carboxylic acids is 1. The minimum atomic E-state index is -1.01. The highest BCUT2D eigenvalue weighted by atomic mass is 16.5. The Morgan fingerprint density at radius 3 is 2.41 bits per heavy atom. The molecular formula is C17H14O5. The van der Waals surface area contributed by atoms with Crippen molar-refractivity contribution in [2.75, 3.05) is 0 Å². The maximum atomic E-state index is 11.1. The number of hydrogen-bond donors (Lipinski definition) is 1. The van der Waals surface area contributed by atoms with E-state index in [1.165, 1.54) is 6.07 Å². The molecule has 0 radical (unpaired) electrons. The minimum absolute atomic E-state index is 0.165. The van der Waals surface area contributed by atoms with Crippen LogP contribution < -0.4 is 9.47 Å². The molecular weight excluding hydrogens is 284 g/mol. The van der Waals surface area contributed by atoms with Gasteiger partial charge >= 0.3 is 5.97 Å². The van der Waals surface area contributed by atoms with Gasteiger partial charge in [0.25, 0.3) is 6.47 Å². The zero-order chi connectivity index (χ0) is 15.9. The van der Waals surface area contributed by atoms with Crippen molar-refractivity contribution in [1.29, 1.82) is 0 Å². The standard InChI is InChI=1S/C17H14O5/c1-17(2)12-5-3-10(16(19)20)7-14(12)22-15-8-11(21-9-18)4-6-13(15)17/h3-9H,1-2H3,(H,19,20). The van der Waals surface area contributed by atoms with Gasteiger partial charge in [0, 0.05) is 22.6 Å². The summed E-state index contributed by atoms with van der Waals surface area (Å²) in [5, 5.41) is 9.11. The molecule has 5 heteroatoms. The number of ether oxygens (including phenoxy) is 2. The summed E-state index contributed by atoms with van der Waals surface area (Å²) in [6.45, 7) is 4.42. The van der Waals surface area contributed by atoms with Crippen molar-refractivity contribution in [1.82, 2.24) is 0 Å². The first-order chi connectivity index (χ1) is 10.4. The molecule has 0 fully saturated rings. The number of hydrogen-bond acceptors (Lipinski definition) is 4. The third-order valence-corrected chi connectivity index (χ3v) is 3.93. The summed E-state index contributed by atoms with van der Waals surface area (Å²) in [4.78, 5) is 21.6. The second-order valence-electron chi connectivity index (χ2n) is 5.62. The molecule has 112 valence electrons. The van der Waals surface area contributed by atoms with Gasteiger partial charge in [-0.3, -0.25) is 4.79 Å². The zero-order valence-corrected chi connectivity index (χ0v) is 12.1. The number of carboxylic acid groups (broad SMARTS) is 1. The summed E-state index contributed by atoms with van der Waals surface area (Å²) in [7, 11) is 0. The highest BCUT2D eigenvalue weighted by Crippen LogP contribution is 2.48. The van der Waals surface area contributed by atoms with E-state index < -0.39 is 5.97 Å². The third-order valence-electron chi connectivity index (χ3n) is 3.93. The molecule has 0 unspecified atom stereocenters. The smallest absolute Gasteiger partial charge is 0.335 e. The van der Waals surface area contributed by atoms with E-state index in [2.05, 4.69) is 0 Å². The van der Waals surface area contributed by atoms with Crippen LogP contribution in [-0.4, -0.2) is 17.5 Å². The molecule has 1 heterocycles. The largest absolute Gasteiger partial charge is 0.478 e. The molecule has 2 aromatic rings. The lowest BCUT2D eigenvalue weighted by Gasteiger charge is -2.34. The minimum Gasteiger partial charge on any atom is -0.478 e. The van der Waals surface area contributed by atoms with Crippen LogP contribution in [0.2, 0.25) is 0 Å². The monoisotopic (exact) mass is 298 g/mol. The number of fused-ring (bicyclic) bond motifs is 2. The van der Waals surface area contributed by atoms with E-state index in [0.29, 0.717) is 23.7 Å². The Balaban J connectivity index is 2.14. The number of carbonyl (C=O) groups is 2. The molecule has 1 aliphatic heterocycles. The van der Waals surface area contributed by atoms with Crippen LogP contribution in [-0.2, 0) is 10.2 Å². The van der Waals surface area contributed by atoms with Crippen LogP contribution in [0, 0.1) is 0 Å². The van der Waals surface area contributed by atoms with E-state index in [9.17, 15) is 9.59 Å². The summed E-state index contributed by atoms with van der Waals surface area (Å²) in [6, 6.07) is 10.0. The van der Waals surface area contributed by atoms with Gasteiger partial charge in [0.15, 0.2) is 0 Å². The van der Waals surface area contributed by atoms with Gasteiger partial charge in [-0.15, -0.1) is 0 Å². The van der Waals surface area contributed by atoms with Gasteiger partial charge in [0.2, 0.25) is 0 Å². The molecule has 1 N–H and O–H groups in total. The number of rotatable bonds is 3. The first-order valence-corrected chi connectivity index (χ1v) is 6.74. The number of aromatic carboxylic acids is 1. The van der Waals surface area contributed by atoms with Gasteiger partial charge in [0.05, 0.1) is 5.56 Å². The lowest BCUT2D eigenvalue weighted by molar-refractivity contribution is -0.120. The molecule has 0 saturated heterocycles. The molecule has 0 spiro atoms. The van der Waals surface area contributed by atoms with Gasteiger partial charge in [0.1, 0.15) is 17.2 Å². The van der Waals surface area contributed by atoms with Crippen LogP contribution in [0.1, 0.15) is 35.3 Å². The number of benzene rings is 2. The Hall–Kier alpha value is -2.82. The summed E-state index contributed by atoms with van der Waals surface area (Å²) < 4.78 is 10.7. The fraction of sp³-hybridized carbons (Fsp3) is 0.176. The molecule has 0 aromatic heterocycles. The first kappa shape index (κ1) is 14.1. The van der Waals surface area contributed by atoms with Gasteiger partial charge in [-0.05, 0) is 18.2 Å². The van der Waals surface area contributed by atoms with Gasteiger partial charge < -0.3 is 14.6 Å². The molecule has 0 atom stereocenters. The van der Waals surface area contributed by atoms with Gasteiger partial charge in [-0.1, -0.05) is 26.0 Å². The molecule has 0 amide bonds. The van der Waals surface area contributed by atoms with Crippen LogP contribution in [0.4, 0.5) is 0 Å². The van der Waals surface area contributed by atoms with Crippen molar-refractivity contribution in [2.45, 2.75) is 19.3 Å². The van der Waals surface area contributed by atoms with E-state index in [1.54, 1.807) is 24.3 Å². The Bertz CT molecular complexity index is 777. The van der Waals surface area contributed by atoms with E-state index in [4.69, 9.17) is 14.6 Å². The highest BCUT2D eigenvalue weighted by Gasteiger charge is 2.34. The van der Waals surface area contributed by atoms with Crippen molar-refractivity contribution in [3.63, 3.8) is 0 Å². The summed E-state index contributed by atoms with van der Waals surface area (Å²) in [6.07, 6.45) is 0. The van der Waals surface area contributed by atoms with E-state index in [0.717, 1.165) is 11.1 Å². The summed E-state index contributed by atoms with van der Waals surface area (Å²) in [5.74, 6) is 0.426. The fourth-order valence-electron chi connectivity index (χ4n) is 2.75. The fourth-order valence-corrected chi connectivity index (χ4v) is 2.75. The van der Waals surface area contributed by atoms with Crippen LogP contribution in [0.15, 0.2) is 36.4 Å². The Kier molecular flexibility index (Phi) is 3.13. The topological polar surface area (TPSA) is 72.8 Å². The lowest BCUT2D eigenvalue weighted by atomic mass is 9.75. The van der Waals surface area contributed by atoms with Crippen LogP contribution in [0.3, 0.4) is 0 Å². The van der Waals surface area contributed by atoms with E-state index in [1.807, 2.05) is 19.9 Å². The van der Waals surface area contributed by atoms with Gasteiger partial charge in [-0.2, -0.15) is 0 Å². The van der Waals surface area contributed by atoms with Crippen LogP contribution in [0.5, 0.6) is 17.2 Å². The van der Waals surface area contributed by atoms with Crippen molar-refractivity contribution in [3.05, 3.63) is 53.1 Å². The summed E-state index contributed by atoms with van der Waals surface area (Å²) in [5.41, 5.74) is 1.67. The normalized spacial score (nSPS) is 14.3. The molecule has 3 rings (SSSR count). The summed E-state index contributed by atoms with van der Waals surface area (Å²) >= 11 is 0. The SMILES string of the molecule is CC1(C)c2ccc(OC=O)cc2Oc2cc(C(=O)O)ccc21. The Morgan fingerprint density at radius 1 is 1.14 bits per heavy atom. The van der Waals surface area contributed by atoms with E-state index in [-0.39, 0.29) is 11.0 Å². The highest BCUT2D eigenvalue weighted by molar-refractivity contribution is 5.88. The molecule has 0 saturated carbocycles. The average molecular weight is 298 g/mol. The second kappa shape index (κ2) is 4.87.